The molecule has 0 unspecified atom stereocenters. The molecule has 3 heteroatoms. The molecule has 0 saturated carbocycles. The van der Waals surface area contributed by atoms with E-state index in [-0.39, 0.29) is 65.4 Å². The zero-order valence-electron chi connectivity index (χ0n) is 22.2. The van der Waals surface area contributed by atoms with Gasteiger partial charge in [-0.15, -0.1) is 5.56 Å². The van der Waals surface area contributed by atoms with Crippen molar-refractivity contribution in [1.82, 2.24) is 4.98 Å². The molecule has 1 aromatic heterocycles. The van der Waals surface area contributed by atoms with Gasteiger partial charge in [-0.25, -0.2) is 0 Å². The van der Waals surface area contributed by atoms with E-state index in [4.69, 9.17) is 0 Å². The van der Waals surface area contributed by atoms with Gasteiger partial charge in [0.25, 0.3) is 0 Å². The van der Waals surface area contributed by atoms with E-state index in [9.17, 15) is 0 Å². The first-order valence-corrected chi connectivity index (χ1v) is 11.2. The standard InChI is InChI=1S/C9H11.C8H10N.2C3H8.2C2H6.2Y/c1-8(2)9-6-4-3-5-7-9;1-7(2)8-4-3-5-9-6-8;2*1-3-2;2*1-2;;/h3-6,8H,1-2H3;3-5,7H,1-2H3;2*3H2,1-2H3;2*1-2H3;;/q2*-1;;;;;;. The predicted octanol–water partition coefficient (Wildman–Crippen LogP) is 9.50. The van der Waals surface area contributed by atoms with Crippen LogP contribution in [0.5, 0.6) is 0 Å². The fraction of sp³-hybridized carbons (Fsp3) is 0.593. The van der Waals surface area contributed by atoms with E-state index < -0.39 is 0 Å². The van der Waals surface area contributed by atoms with Gasteiger partial charge in [0.1, 0.15) is 0 Å². The van der Waals surface area contributed by atoms with Crippen molar-refractivity contribution in [2.24, 2.45) is 0 Å². The maximum atomic E-state index is 3.88. The molecular formula is C27H49NY2-2. The molecule has 0 bridgehead atoms. The Bertz CT molecular complexity index is 411. The molecule has 2 aromatic rings. The molecule has 1 heterocycles. The monoisotopic (exact) mass is 565 g/mol. The van der Waals surface area contributed by atoms with E-state index in [0.717, 1.165) is 0 Å². The van der Waals surface area contributed by atoms with E-state index in [2.05, 4.69) is 78.7 Å². The predicted molar refractivity (Wildman–Crippen MR) is 131 cm³/mol. The molecule has 0 atom stereocenters. The van der Waals surface area contributed by atoms with Crippen LogP contribution in [0.3, 0.4) is 0 Å². The van der Waals surface area contributed by atoms with Gasteiger partial charge < -0.3 is 4.98 Å². The molecule has 0 fully saturated rings. The van der Waals surface area contributed by atoms with Gasteiger partial charge >= 0.3 is 0 Å². The van der Waals surface area contributed by atoms with Gasteiger partial charge in [0.05, 0.1) is 0 Å². The molecule has 0 spiro atoms. The minimum atomic E-state index is 0. The van der Waals surface area contributed by atoms with E-state index in [1.165, 1.54) is 24.0 Å². The summed E-state index contributed by atoms with van der Waals surface area (Å²) in [7, 11) is 0. The number of pyridine rings is 1. The Hall–Kier alpha value is 0.578. The first-order chi connectivity index (χ1) is 13.4. The third-order valence-corrected chi connectivity index (χ3v) is 2.61. The summed E-state index contributed by atoms with van der Waals surface area (Å²) >= 11 is 0. The van der Waals surface area contributed by atoms with E-state index in [1.807, 2.05) is 58.0 Å². The van der Waals surface area contributed by atoms with Crippen molar-refractivity contribution in [2.75, 3.05) is 0 Å². The minimum Gasteiger partial charge on any atom is -0.394 e. The Kier molecular flexibility index (Phi) is 59.0. The van der Waals surface area contributed by atoms with Crippen LogP contribution in [0, 0.1) is 12.3 Å². The van der Waals surface area contributed by atoms with E-state index in [1.54, 1.807) is 6.20 Å². The Balaban J connectivity index is -0.0000000646. The molecule has 1 aromatic carbocycles. The van der Waals surface area contributed by atoms with Gasteiger partial charge in [-0.2, -0.15) is 48.0 Å². The SMILES string of the molecule is CC.CC.CC(C)c1[c-]cccc1.CC(C)c1[c-]nccc1.CCC.CCC.[Y].[Y]. The number of rotatable bonds is 2. The van der Waals surface area contributed by atoms with Crippen molar-refractivity contribution in [1.29, 1.82) is 0 Å². The average molecular weight is 566 g/mol. The molecule has 0 aliphatic carbocycles. The summed E-state index contributed by atoms with van der Waals surface area (Å²) in [5.41, 5.74) is 2.47. The fourth-order valence-electron chi connectivity index (χ4n) is 1.43. The van der Waals surface area contributed by atoms with Gasteiger partial charge in [-0.05, 0) is 11.8 Å². The van der Waals surface area contributed by atoms with Crippen molar-refractivity contribution in [3.63, 3.8) is 0 Å². The molecule has 0 N–H and O–H groups in total. The van der Waals surface area contributed by atoms with E-state index in [0.29, 0.717) is 11.8 Å². The zero-order chi connectivity index (χ0) is 22.8. The fourth-order valence-corrected chi connectivity index (χ4v) is 1.43. The molecule has 0 amide bonds. The van der Waals surface area contributed by atoms with Gasteiger partial charge in [0, 0.05) is 65.4 Å². The van der Waals surface area contributed by atoms with Crippen molar-refractivity contribution in [3.05, 3.63) is 66.0 Å². The molecule has 0 aliphatic rings. The number of aromatic nitrogens is 1. The summed E-state index contributed by atoms with van der Waals surface area (Å²) in [5, 5.41) is 0. The second-order valence-corrected chi connectivity index (χ2v) is 6.25. The van der Waals surface area contributed by atoms with Crippen molar-refractivity contribution in [2.45, 2.75) is 108 Å². The third-order valence-electron chi connectivity index (χ3n) is 2.61. The van der Waals surface area contributed by atoms with Crippen LogP contribution in [0.15, 0.2) is 42.6 Å². The van der Waals surface area contributed by atoms with Crippen LogP contribution in [0.25, 0.3) is 0 Å². The maximum absolute atomic E-state index is 3.88. The Morgan fingerprint density at radius 1 is 0.700 bits per heavy atom. The molecule has 170 valence electrons. The Morgan fingerprint density at radius 2 is 1.10 bits per heavy atom. The van der Waals surface area contributed by atoms with Crippen molar-refractivity contribution < 1.29 is 65.4 Å². The number of benzene rings is 1. The molecule has 0 aliphatic heterocycles. The van der Waals surface area contributed by atoms with Gasteiger partial charge in [0.2, 0.25) is 0 Å². The van der Waals surface area contributed by atoms with Crippen LogP contribution in [-0.4, -0.2) is 4.98 Å². The van der Waals surface area contributed by atoms with E-state index >= 15 is 0 Å². The van der Waals surface area contributed by atoms with Crippen LogP contribution < -0.4 is 0 Å². The largest absolute Gasteiger partial charge is 0.394 e. The van der Waals surface area contributed by atoms with Gasteiger partial charge in [-0.3, -0.25) is 0 Å². The Labute approximate surface area is 241 Å². The summed E-state index contributed by atoms with van der Waals surface area (Å²) in [6, 6.07) is 15.2. The first-order valence-electron chi connectivity index (χ1n) is 11.2. The normalized spacial score (nSPS) is 7.67. The van der Waals surface area contributed by atoms with Gasteiger partial charge in [-0.1, -0.05) is 108 Å². The number of nitrogens with zero attached hydrogens (tertiary/aromatic N) is 1. The summed E-state index contributed by atoms with van der Waals surface area (Å²) in [5.74, 6) is 1.14. The molecule has 0 saturated heterocycles. The first kappa shape index (κ1) is 44.3. The zero-order valence-corrected chi connectivity index (χ0v) is 27.9. The van der Waals surface area contributed by atoms with Crippen molar-refractivity contribution >= 4 is 0 Å². The minimum absolute atomic E-state index is 0. The summed E-state index contributed by atoms with van der Waals surface area (Å²) in [4.78, 5) is 3.88. The number of hydrogen-bond acceptors (Lipinski definition) is 1. The molecule has 2 rings (SSSR count). The average Bonchev–Trinajstić information content (AvgIpc) is 2.74. The quantitative estimate of drug-likeness (QED) is 0.331. The summed E-state index contributed by atoms with van der Waals surface area (Å²) < 4.78 is 0. The van der Waals surface area contributed by atoms with Crippen LogP contribution in [0.4, 0.5) is 0 Å². The molecule has 2 radical (unpaired) electrons. The van der Waals surface area contributed by atoms with Crippen LogP contribution in [0.1, 0.15) is 119 Å². The molecular weight excluding hydrogens is 516 g/mol. The van der Waals surface area contributed by atoms with Crippen LogP contribution in [-0.2, 0) is 65.4 Å². The van der Waals surface area contributed by atoms with Crippen LogP contribution in [0.2, 0.25) is 0 Å². The van der Waals surface area contributed by atoms with Gasteiger partial charge in [0.15, 0.2) is 0 Å². The van der Waals surface area contributed by atoms with Crippen molar-refractivity contribution in [3.8, 4) is 0 Å². The topological polar surface area (TPSA) is 12.9 Å². The second-order valence-electron chi connectivity index (χ2n) is 6.25. The Morgan fingerprint density at radius 3 is 1.30 bits per heavy atom. The number of hydrogen-bond donors (Lipinski definition) is 0. The maximum Gasteiger partial charge on any atom is 0 e. The molecule has 30 heavy (non-hydrogen) atoms. The summed E-state index contributed by atoms with van der Waals surface area (Å²) in [6.45, 7) is 25.1. The van der Waals surface area contributed by atoms with Crippen LogP contribution >= 0.6 is 0 Å². The summed E-state index contributed by atoms with van der Waals surface area (Å²) in [6.07, 6.45) is 7.16. The second kappa shape index (κ2) is 40.0. The molecule has 1 nitrogen and oxygen atoms in total. The smallest absolute Gasteiger partial charge is 0 e. The third kappa shape index (κ3) is 36.0.